The monoisotopic (exact) mass is 399 g/mol. The van der Waals surface area contributed by atoms with Crippen molar-refractivity contribution in [3.05, 3.63) is 89.5 Å². The van der Waals surface area contributed by atoms with Crippen molar-refractivity contribution in [2.45, 2.75) is 19.9 Å². The molecule has 6 nitrogen and oxygen atoms in total. The molecule has 0 saturated carbocycles. The van der Waals surface area contributed by atoms with Gasteiger partial charge in [0.05, 0.1) is 0 Å². The number of fused-ring (bicyclic) bond motifs is 1. The Kier molecular flexibility index (Phi) is 5.75. The van der Waals surface area contributed by atoms with E-state index >= 15 is 0 Å². The summed E-state index contributed by atoms with van der Waals surface area (Å²) in [6.45, 7) is 3.05. The van der Waals surface area contributed by atoms with Crippen LogP contribution in [-0.2, 0) is 13.0 Å². The molecule has 0 bridgehead atoms. The second-order valence-corrected chi connectivity index (χ2v) is 7.37. The van der Waals surface area contributed by atoms with Crippen molar-refractivity contribution >= 4 is 22.6 Å². The van der Waals surface area contributed by atoms with Gasteiger partial charge >= 0.3 is 0 Å². The van der Waals surface area contributed by atoms with Crippen LogP contribution in [0.4, 0.5) is 5.82 Å². The molecular formula is C24H25N5O. The van der Waals surface area contributed by atoms with Crippen molar-refractivity contribution < 1.29 is 4.79 Å². The Bertz CT molecular complexity index is 1150. The van der Waals surface area contributed by atoms with E-state index in [0.29, 0.717) is 30.4 Å². The lowest BCUT2D eigenvalue weighted by Crippen LogP contribution is -2.27. The highest BCUT2D eigenvalue weighted by molar-refractivity contribution is 5.92. The Hall–Kier alpha value is -3.67. The van der Waals surface area contributed by atoms with Gasteiger partial charge in [-0.1, -0.05) is 48.5 Å². The molecule has 6 heteroatoms. The van der Waals surface area contributed by atoms with Crippen LogP contribution in [0.15, 0.2) is 66.9 Å². The molecule has 2 aromatic carbocycles. The minimum Gasteiger partial charge on any atom is -0.370 e. The van der Waals surface area contributed by atoms with Gasteiger partial charge in [0.25, 0.3) is 5.91 Å². The number of benzene rings is 2. The molecule has 0 fully saturated rings. The van der Waals surface area contributed by atoms with Gasteiger partial charge in [-0.3, -0.25) is 4.79 Å². The zero-order valence-electron chi connectivity index (χ0n) is 17.2. The quantitative estimate of drug-likeness (QED) is 0.489. The van der Waals surface area contributed by atoms with Crippen LogP contribution < -0.4 is 5.32 Å². The van der Waals surface area contributed by atoms with Gasteiger partial charge in [0.2, 0.25) is 0 Å². The van der Waals surface area contributed by atoms with Crippen LogP contribution in [0.25, 0.3) is 10.9 Å². The molecule has 4 rings (SSSR count). The number of carbonyl (C=O) groups is 1. The van der Waals surface area contributed by atoms with Gasteiger partial charge in [0, 0.05) is 43.3 Å². The van der Waals surface area contributed by atoms with Gasteiger partial charge in [-0.2, -0.15) is 0 Å². The van der Waals surface area contributed by atoms with Crippen LogP contribution in [0.2, 0.25) is 0 Å². The number of aromatic amines is 1. The third-order valence-electron chi connectivity index (χ3n) is 5.04. The molecule has 0 unspecified atom stereocenters. The molecule has 2 heterocycles. The predicted octanol–water partition coefficient (Wildman–Crippen LogP) is 4.19. The van der Waals surface area contributed by atoms with Gasteiger partial charge < -0.3 is 15.2 Å². The largest absolute Gasteiger partial charge is 0.370 e. The van der Waals surface area contributed by atoms with E-state index in [1.807, 2.05) is 48.7 Å². The number of aryl methyl sites for hydroxylation is 1. The first kappa shape index (κ1) is 19.6. The second kappa shape index (κ2) is 8.78. The first-order valence-corrected chi connectivity index (χ1v) is 10.0. The minimum atomic E-state index is -0.121. The Morgan fingerprint density at radius 1 is 1.07 bits per heavy atom. The molecule has 0 radical (unpaired) electrons. The van der Waals surface area contributed by atoms with Crippen molar-refractivity contribution in [3.63, 3.8) is 0 Å². The summed E-state index contributed by atoms with van der Waals surface area (Å²) >= 11 is 0. The molecule has 0 spiro atoms. The van der Waals surface area contributed by atoms with Crippen molar-refractivity contribution in [1.29, 1.82) is 0 Å². The van der Waals surface area contributed by atoms with Crippen LogP contribution >= 0.6 is 0 Å². The van der Waals surface area contributed by atoms with Gasteiger partial charge in [-0.25, -0.2) is 9.97 Å². The van der Waals surface area contributed by atoms with Gasteiger partial charge in [-0.15, -0.1) is 0 Å². The molecule has 0 aliphatic heterocycles. The molecule has 0 saturated heterocycles. The van der Waals surface area contributed by atoms with E-state index in [0.717, 1.165) is 17.5 Å². The summed E-state index contributed by atoms with van der Waals surface area (Å²) < 4.78 is 0. The summed E-state index contributed by atoms with van der Waals surface area (Å²) in [5.74, 6) is 1.12. The number of hydrogen-bond donors (Lipinski definition) is 2. The average Bonchev–Trinajstić information content (AvgIpc) is 3.17. The van der Waals surface area contributed by atoms with Crippen molar-refractivity contribution in [1.82, 2.24) is 19.9 Å². The van der Waals surface area contributed by atoms with Crippen LogP contribution in [0, 0.1) is 6.92 Å². The maximum absolute atomic E-state index is 12.9. The summed E-state index contributed by atoms with van der Waals surface area (Å²) in [6.07, 6.45) is 2.90. The number of carbonyl (C=O) groups excluding carboxylic acids is 1. The number of anilines is 1. The number of amides is 1. The lowest BCUT2D eigenvalue weighted by atomic mass is 10.1. The first-order valence-electron chi connectivity index (χ1n) is 10.0. The highest BCUT2D eigenvalue weighted by Gasteiger charge is 2.15. The number of H-pyrrole nitrogens is 1. The standard InChI is InChI=1S/C24H25N5O/c1-17-27-22(24(30)29(2)16-18-8-4-3-5-9-18)14-23(28-17)25-13-12-19-15-26-21-11-7-6-10-20(19)21/h3-11,14-15,26H,12-13,16H2,1-2H3,(H,25,27,28). The highest BCUT2D eigenvalue weighted by Crippen LogP contribution is 2.18. The molecule has 1 amide bonds. The topological polar surface area (TPSA) is 73.9 Å². The molecule has 4 aromatic rings. The number of aromatic nitrogens is 3. The first-order chi connectivity index (χ1) is 14.6. The summed E-state index contributed by atoms with van der Waals surface area (Å²) in [7, 11) is 1.79. The molecule has 0 atom stereocenters. The molecular weight excluding hydrogens is 374 g/mol. The number of para-hydroxylation sites is 1. The van der Waals surface area contributed by atoms with Gasteiger partial charge in [-0.05, 0) is 30.5 Å². The Balaban J connectivity index is 1.41. The third-order valence-corrected chi connectivity index (χ3v) is 5.04. The van der Waals surface area contributed by atoms with Gasteiger partial charge in [0.15, 0.2) is 0 Å². The third kappa shape index (κ3) is 4.49. The normalized spacial score (nSPS) is 10.9. The predicted molar refractivity (Wildman–Crippen MR) is 120 cm³/mol. The lowest BCUT2D eigenvalue weighted by molar-refractivity contribution is 0.0779. The lowest BCUT2D eigenvalue weighted by Gasteiger charge is -2.17. The summed E-state index contributed by atoms with van der Waals surface area (Å²) in [5, 5.41) is 4.57. The molecule has 2 aromatic heterocycles. The molecule has 30 heavy (non-hydrogen) atoms. The van der Waals surface area contributed by atoms with E-state index in [1.54, 1.807) is 24.9 Å². The number of nitrogens with one attached hydrogen (secondary N) is 2. The second-order valence-electron chi connectivity index (χ2n) is 7.37. The molecule has 152 valence electrons. The smallest absolute Gasteiger partial charge is 0.272 e. The van der Waals surface area contributed by atoms with Crippen molar-refractivity contribution in [2.24, 2.45) is 0 Å². The maximum Gasteiger partial charge on any atom is 0.272 e. The van der Waals surface area contributed by atoms with Gasteiger partial charge in [0.1, 0.15) is 17.3 Å². The van der Waals surface area contributed by atoms with E-state index in [2.05, 4.69) is 32.4 Å². The summed E-state index contributed by atoms with van der Waals surface area (Å²) in [6, 6.07) is 19.9. The fourth-order valence-electron chi connectivity index (χ4n) is 3.56. The van der Waals surface area contributed by atoms with E-state index < -0.39 is 0 Å². The van der Waals surface area contributed by atoms with Crippen LogP contribution in [0.1, 0.15) is 27.4 Å². The maximum atomic E-state index is 12.9. The number of rotatable bonds is 7. The zero-order valence-corrected chi connectivity index (χ0v) is 17.2. The molecule has 0 aliphatic rings. The van der Waals surface area contributed by atoms with Crippen LogP contribution in [-0.4, -0.2) is 39.4 Å². The number of hydrogen-bond acceptors (Lipinski definition) is 4. The molecule has 2 N–H and O–H groups in total. The SMILES string of the molecule is Cc1nc(NCCc2c[nH]c3ccccc23)cc(C(=O)N(C)Cc2ccccc2)n1. The fraction of sp³-hybridized carbons (Fsp3) is 0.208. The zero-order chi connectivity index (χ0) is 20.9. The number of nitrogens with zero attached hydrogens (tertiary/aromatic N) is 3. The Labute approximate surface area is 176 Å². The summed E-state index contributed by atoms with van der Waals surface area (Å²) in [4.78, 5) is 26.6. The highest BCUT2D eigenvalue weighted by atomic mass is 16.2. The average molecular weight is 399 g/mol. The van der Waals surface area contributed by atoms with Crippen molar-refractivity contribution in [3.8, 4) is 0 Å². The van der Waals surface area contributed by atoms with E-state index in [9.17, 15) is 4.79 Å². The van der Waals surface area contributed by atoms with Crippen LogP contribution in [0.5, 0.6) is 0 Å². The van der Waals surface area contributed by atoms with E-state index in [-0.39, 0.29) is 5.91 Å². The van der Waals surface area contributed by atoms with Crippen molar-refractivity contribution in [2.75, 3.05) is 18.9 Å². The van der Waals surface area contributed by atoms with Crippen LogP contribution in [0.3, 0.4) is 0 Å². The summed E-state index contributed by atoms with van der Waals surface area (Å²) in [5.41, 5.74) is 3.87. The van der Waals surface area contributed by atoms with E-state index in [4.69, 9.17) is 0 Å². The Morgan fingerprint density at radius 2 is 1.83 bits per heavy atom. The minimum absolute atomic E-state index is 0.121. The van der Waals surface area contributed by atoms with E-state index in [1.165, 1.54) is 10.9 Å². The fourth-order valence-corrected chi connectivity index (χ4v) is 3.56. The molecule has 0 aliphatic carbocycles. The Morgan fingerprint density at radius 3 is 2.67 bits per heavy atom.